The van der Waals surface area contributed by atoms with Crippen molar-refractivity contribution in [1.82, 2.24) is 0 Å². The Morgan fingerprint density at radius 1 is 1.35 bits per heavy atom. The fourth-order valence-electron chi connectivity index (χ4n) is 1.21. The van der Waals surface area contributed by atoms with E-state index in [1.54, 1.807) is 0 Å². The second kappa shape index (κ2) is 6.34. The highest BCUT2D eigenvalue weighted by molar-refractivity contribution is 9.10. The van der Waals surface area contributed by atoms with Crippen molar-refractivity contribution < 1.29 is 19.1 Å². The first-order valence-electron chi connectivity index (χ1n) is 4.95. The third-order valence-electron chi connectivity index (χ3n) is 2.00. The van der Waals surface area contributed by atoms with Crippen molar-refractivity contribution in [3.8, 4) is 0 Å². The molecule has 1 rings (SSSR count). The molecule has 0 atom stereocenters. The Morgan fingerprint density at radius 3 is 2.71 bits per heavy atom. The van der Waals surface area contributed by atoms with Crippen molar-refractivity contribution in [2.24, 2.45) is 0 Å². The van der Waals surface area contributed by atoms with Crippen molar-refractivity contribution >= 4 is 33.5 Å². The molecule has 0 fully saturated rings. The molecule has 6 heteroatoms. The zero-order valence-electron chi connectivity index (χ0n) is 8.87. The molecule has 0 aliphatic carbocycles. The molecule has 0 heterocycles. The van der Waals surface area contributed by atoms with Crippen molar-refractivity contribution in [3.63, 3.8) is 0 Å². The number of carbonyl (C=O) groups is 2. The van der Waals surface area contributed by atoms with Gasteiger partial charge in [0, 0.05) is 17.3 Å². The Balaban J connectivity index is 2.50. The minimum atomic E-state index is -0.940. The van der Waals surface area contributed by atoms with Gasteiger partial charge in [-0.3, -0.25) is 9.59 Å². The van der Waals surface area contributed by atoms with Gasteiger partial charge >= 0.3 is 5.97 Å². The molecule has 0 bridgehead atoms. The van der Waals surface area contributed by atoms with Gasteiger partial charge in [0.1, 0.15) is 5.82 Å². The van der Waals surface area contributed by atoms with E-state index in [1.165, 1.54) is 18.2 Å². The molecule has 0 aromatic heterocycles. The minimum Gasteiger partial charge on any atom is -0.481 e. The van der Waals surface area contributed by atoms with Gasteiger partial charge < -0.3 is 10.4 Å². The van der Waals surface area contributed by atoms with Crippen LogP contribution in [0, 0.1) is 5.82 Å². The summed E-state index contributed by atoms with van der Waals surface area (Å²) in [4.78, 5) is 21.7. The SMILES string of the molecule is O=C(O)CCCC(=O)Nc1cc(F)ccc1Br. The summed E-state index contributed by atoms with van der Waals surface area (Å²) in [6.45, 7) is 0. The van der Waals surface area contributed by atoms with Crippen molar-refractivity contribution in [2.45, 2.75) is 19.3 Å². The van der Waals surface area contributed by atoms with Crippen LogP contribution in [0.1, 0.15) is 19.3 Å². The third-order valence-corrected chi connectivity index (χ3v) is 2.69. The summed E-state index contributed by atoms with van der Waals surface area (Å²) in [5, 5.41) is 10.9. The van der Waals surface area contributed by atoms with Gasteiger partial charge in [0.05, 0.1) is 5.69 Å². The quantitative estimate of drug-likeness (QED) is 0.879. The van der Waals surface area contributed by atoms with Crippen molar-refractivity contribution in [2.75, 3.05) is 5.32 Å². The van der Waals surface area contributed by atoms with E-state index in [0.29, 0.717) is 10.2 Å². The number of rotatable bonds is 5. The lowest BCUT2D eigenvalue weighted by molar-refractivity contribution is -0.137. The van der Waals surface area contributed by atoms with Crippen LogP contribution in [0.5, 0.6) is 0 Å². The number of carboxylic acid groups (broad SMARTS) is 1. The molecule has 2 N–H and O–H groups in total. The number of aliphatic carboxylic acids is 1. The van der Waals surface area contributed by atoms with E-state index in [1.807, 2.05) is 0 Å². The molecule has 17 heavy (non-hydrogen) atoms. The van der Waals surface area contributed by atoms with Crippen LogP contribution in [0.4, 0.5) is 10.1 Å². The van der Waals surface area contributed by atoms with Crippen LogP contribution in [-0.4, -0.2) is 17.0 Å². The Bertz CT molecular complexity index is 437. The summed E-state index contributed by atoms with van der Waals surface area (Å²) < 4.78 is 13.5. The van der Waals surface area contributed by atoms with Crippen molar-refractivity contribution in [3.05, 3.63) is 28.5 Å². The lowest BCUT2D eigenvalue weighted by Crippen LogP contribution is -2.12. The maximum Gasteiger partial charge on any atom is 0.303 e. The fourth-order valence-corrected chi connectivity index (χ4v) is 1.55. The molecule has 0 saturated carbocycles. The lowest BCUT2D eigenvalue weighted by Gasteiger charge is -2.06. The molecule has 0 saturated heterocycles. The number of carboxylic acids is 1. The summed E-state index contributed by atoms with van der Waals surface area (Å²) in [6.07, 6.45) is 0.293. The Kier molecular flexibility index (Phi) is 5.09. The fraction of sp³-hybridized carbons (Fsp3) is 0.273. The van der Waals surface area contributed by atoms with Gasteiger partial charge in [-0.15, -0.1) is 0 Å². The van der Waals surface area contributed by atoms with Gasteiger partial charge in [-0.2, -0.15) is 0 Å². The number of benzene rings is 1. The largest absolute Gasteiger partial charge is 0.481 e. The summed E-state index contributed by atoms with van der Waals surface area (Å²) in [6, 6.07) is 3.95. The van der Waals surface area contributed by atoms with Crippen LogP contribution in [0.2, 0.25) is 0 Å². The number of halogens is 2. The van der Waals surface area contributed by atoms with E-state index in [4.69, 9.17) is 5.11 Å². The van der Waals surface area contributed by atoms with Crippen LogP contribution in [-0.2, 0) is 9.59 Å². The number of anilines is 1. The predicted molar refractivity (Wildman–Crippen MR) is 64.2 cm³/mol. The molecule has 1 aromatic rings. The van der Waals surface area contributed by atoms with Gasteiger partial charge in [-0.25, -0.2) is 4.39 Å². The molecule has 1 amide bonds. The van der Waals surface area contributed by atoms with Crippen LogP contribution in [0.25, 0.3) is 0 Å². The van der Waals surface area contributed by atoms with Crippen LogP contribution in [0.3, 0.4) is 0 Å². The molecule has 0 aliphatic rings. The average molecular weight is 304 g/mol. The van der Waals surface area contributed by atoms with E-state index in [2.05, 4.69) is 21.2 Å². The van der Waals surface area contributed by atoms with E-state index in [0.717, 1.165) is 0 Å². The zero-order chi connectivity index (χ0) is 12.8. The van der Waals surface area contributed by atoms with E-state index < -0.39 is 11.8 Å². The maximum atomic E-state index is 12.9. The van der Waals surface area contributed by atoms with Crippen LogP contribution >= 0.6 is 15.9 Å². The van der Waals surface area contributed by atoms with E-state index in [-0.39, 0.29) is 25.2 Å². The highest BCUT2D eigenvalue weighted by Crippen LogP contribution is 2.23. The van der Waals surface area contributed by atoms with Gasteiger partial charge in [-0.1, -0.05) is 0 Å². The summed E-state index contributed by atoms with van der Waals surface area (Å²) in [5.74, 6) is -1.73. The van der Waals surface area contributed by atoms with Crippen LogP contribution in [0.15, 0.2) is 22.7 Å². The third kappa shape index (κ3) is 4.95. The number of hydrogen-bond donors (Lipinski definition) is 2. The molecule has 0 spiro atoms. The Labute approximate surface area is 106 Å². The second-order valence-electron chi connectivity index (χ2n) is 3.42. The topological polar surface area (TPSA) is 66.4 Å². The predicted octanol–water partition coefficient (Wildman–Crippen LogP) is 2.78. The second-order valence-corrected chi connectivity index (χ2v) is 4.27. The molecule has 0 unspecified atom stereocenters. The van der Waals surface area contributed by atoms with E-state index in [9.17, 15) is 14.0 Å². The first-order chi connectivity index (χ1) is 7.99. The minimum absolute atomic E-state index is 0.0578. The molecule has 92 valence electrons. The standard InChI is InChI=1S/C11H11BrFNO3/c12-8-5-4-7(13)6-9(8)14-10(15)2-1-3-11(16)17/h4-6H,1-3H2,(H,14,15)(H,16,17). The molecular formula is C11H11BrFNO3. The normalized spacial score (nSPS) is 10.0. The highest BCUT2D eigenvalue weighted by atomic mass is 79.9. The Hall–Kier alpha value is -1.43. The lowest BCUT2D eigenvalue weighted by atomic mass is 10.2. The monoisotopic (exact) mass is 303 g/mol. The summed E-state index contributed by atoms with van der Waals surface area (Å²) in [7, 11) is 0. The van der Waals surface area contributed by atoms with Crippen molar-refractivity contribution in [1.29, 1.82) is 0 Å². The van der Waals surface area contributed by atoms with Gasteiger partial charge in [0.2, 0.25) is 5.91 Å². The first-order valence-corrected chi connectivity index (χ1v) is 5.75. The van der Waals surface area contributed by atoms with Gasteiger partial charge in [0.25, 0.3) is 0 Å². The van der Waals surface area contributed by atoms with Gasteiger partial charge in [0.15, 0.2) is 0 Å². The highest BCUT2D eigenvalue weighted by Gasteiger charge is 2.07. The van der Waals surface area contributed by atoms with E-state index >= 15 is 0 Å². The summed E-state index contributed by atoms with van der Waals surface area (Å²) in [5.41, 5.74) is 0.338. The molecule has 0 radical (unpaired) electrons. The number of carbonyl (C=O) groups excluding carboxylic acids is 1. The molecule has 4 nitrogen and oxygen atoms in total. The zero-order valence-corrected chi connectivity index (χ0v) is 10.5. The summed E-state index contributed by atoms with van der Waals surface area (Å²) >= 11 is 3.17. The molecule has 0 aliphatic heterocycles. The first kappa shape index (κ1) is 13.6. The smallest absolute Gasteiger partial charge is 0.303 e. The molecular weight excluding hydrogens is 293 g/mol. The maximum absolute atomic E-state index is 12.9. The number of nitrogens with one attached hydrogen (secondary N) is 1. The van der Waals surface area contributed by atoms with Gasteiger partial charge in [-0.05, 0) is 40.5 Å². The van der Waals surface area contributed by atoms with Crippen LogP contribution < -0.4 is 5.32 Å². The Morgan fingerprint density at radius 2 is 2.06 bits per heavy atom. The number of amides is 1. The molecule has 1 aromatic carbocycles. The average Bonchev–Trinajstić information content (AvgIpc) is 2.23. The number of hydrogen-bond acceptors (Lipinski definition) is 2.